The van der Waals surface area contributed by atoms with Gasteiger partial charge in [0.1, 0.15) is 12.7 Å². The molecule has 0 aliphatic heterocycles. The van der Waals surface area contributed by atoms with Crippen LogP contribution in [0.4, 0.5) is 0 Å². The summed E-state index contributed by atoms with van der Waals surface area (Å²) in [5.74, 6) is -0.963. The summed E-state index contributed by atoms with van der Waals surface area (Å²) in [7, 11) is -4.86. The smallest absolute Gasteiger partial charge is 0.756 e. The number of rotatable bonds is 39. The van der Waals surface area contributed by atoms with Crippen LogP contribution in [-0.4, -0.2) is 60.8 Å². The monoisotopic (exact) mass is 771 g/mol. The molecule has 0 aromatic heterocycles. The average Bonchev–Trinajstić information content (AvgIpc) is 3.12. The van der Waals surface area contributed by atoms with Crippen LogP contribution in [-0.2, 0) is 32.7 Å². The molecule has 0 saturated heterocycles. The second-order valence-corrected chi connectivity index (χ2v) is 15.4. The molecular formula is C40H76NaO10P. The maximum Gasteiger partial charge on any atom is 1.00 e. The van der Waals surface area contributed by atoms with Crippen molar-refractivity contribution in [3.8, 4) is 0 Å². The summed E-state index contributed by atoms with van der Waals surface area (Å²) in [5, 5.41) is 18.2. The molecule has 52 heavy (non-hydrogen) atoms. The third-order valence-corrected chi connectivity index (χ3v) is 9.84. The Bertz CT molecular complexity index is 875. The summed E-state index contributed by atoms with van der Waals surface area (Å²) >= 11 is 0. The molecular weight excluding hydrogens is 694 g/mol. The van der Waals surface area contributed by atoms with Gasteiger partial charge in [0.2, 0.25) is 0 Å². The minimum Gasteiger partial charge on any atom is -0.756 e. The van der Waals surface area contributed by atoms with Gasteiger partial charge in [-0.1, -0.05) is 154 Å². The summed E-state index contributed by atoms with van der Waals surface area (Å²) in [6.45, 7) is 2.19. The molecule has 10 nitrogen and oxygen atoms in total. The van der Waals surface area contributed by atoms with Crippen molar-refractivity contribution in [3.05, 3.63) is 12.2 Å². The molecule has 0 aliphatic rings. The maximum atomic E-state index is 12.6. The molecule has 0 rings (SSSR count). The summed E-state index contributed by atoms with van der Waals surface area (Å²) in [6, 6.07) is 0. The third kappa shape index (κ3) is 39.4. The Morgan fingerprint density at radius 2 is 0.981 bits per heavy atom. The first-order chi connectivity index (χ1) is 24.7. The minimum atomic E-state index is -4.86. The number of aliphatic hydroxyl groups excluding tert-OH is 2. The van der Waals surface area contributed by atoms with Crippen LogP contribution in [0.2, 0.25) is 0 Å². The molecule has 3 unspecified atom stereocenters. The van der Waals surface area contributed by atoms with Gasteiger partial charge >= 0.3 is 41.5 Å². The van der Waals surface area contributed by atoms with Crippen LogP contribution in [0, 0.1) is 0 Å². The molecule has 0 aromatic rings. The molecule has 12 heteroatoms. The van der Waals surface area contributed by atoms with Crippen molar-refractivity contribution < 1.29 is 77.3 Å². The molecule has 0 heterocycles. The van der Waals surface area contributed by atoms with Crippen molar-refractivity contribution in [2.75, 3.05) is 26.4 Å². The first-order valence-electron chi connectivity index (χ1n) is 20.6. The third-order valence-electron chi connectivity index (χ3n) is 8.91. The average molecular weight is 771 g/mol. The summed E-state index contributed by atoms with van der Waals surface area (Å²) in [6.07, 6.45) is 32.9. The Labute approximate surface area is 339 Å². The van der Waals surface area contributed by atoms with Crippen LogP contribution in [0.1, 0.15) is 194 Å². The van der Waals surface area contributed by atoms with E-state index in [0.29, 0.717) is 12.8 Å². The van der Waals surface area contributed by atoms with Crippen LogP contribution in [0.5, 0.6) is 0 Å². The van der Waals surface area contributed by atoms with E-state index in [-0.39, 0.29) is 49.0 Å². The Hall–Kier alpha value is -0.290. The van der Waals surface area contributed by atoms with Crippen molar-refractivity contribution in [2.45, 2.75) is 206 Å². The van der Waals surface area contributed by atoms with Gasteiger partial charge in [0.05, 0.1) is 19.8 Å². The maximum absolute atomic E-state index is 12.6. The fourth-order valence-electron chi connectivity index (χ4n) is 5.69. The fraction of sp³-hybridized carbons (Fsp3) is 0.900. The van der Waals surface area contributed by atoms with Crippen LogP contribution in [0.25, 0.3) is 0 Å². The molecule has 0 amide bonds. The SMILES string of the molecule is CCCCCCCCC=CCCCCCCCC(=O)OC(COC(=O)CCCCCCCCCCCCCCC)COP(=O)([O-])OCC(O)CO.[Na+]. The molecule has 0 bridgehead atoms. The van der Waals surface area contributed by atoms with Gasteiger partial charge < -0.3 is 33.6 Å². The van der Waals surface area contributed by atoms with Crippen LogP contribution in [0.3, 0.4) is 0 Å². The Kier molecular flexibility index (Phi) is 41.8. The van der Waals surface area contributed by atoms with Crippen molar-refractivity contribution >= 4 is 19.8 Å². The van der Waals surface area contributed by atoms with E-state index in [1.807, 2.05) is 0 Å². The van der Waals surface area contributed by atoms with Gasteiger partial charge in [0.25, 0.3) is 7.82 Å². The Morgan fingerprint density at radius 3 is 1.42 bits per heavy atom. The number of hydrogen-bond acceptors (Lipinski definition) is 10. The molecule has 2 N–H and O–H groups in total. The zero-order valence-electron chi connectivity index (χ0n) is 33.5. The fourth-order valence-corrected chi connectivity index (χ4v) is 6.47. The quantitative estimate of drug-likeness (QED) is 0.0224. The van der Waals surface area contributed by atoms with E-state index in [2.05, 4.69) is 30.5 Å². The first kappa shape index (κ1) is 53.8. The normalized spacial score (nSPS) is 13.8. The van der Waals surface area contributed by atoms with Crippen molar-refractivity contribution in [1.29, 1.82) is 0 Å². The van der Waals surface area contributed by atoms with Gasteiger partial charge in [-0.25, -0.2) is 0 Å². The predicted octanol–water partition coefficient (Wildman–Crippen LogP) is 6.82. The zero-order chi connectivity index (χ0) is 37.7. The zero-order valence-corrected chi connectivity index (χ0v) is 36.4. The number of carbonyl (C=O) groups is 2. The number of unbranched alkanes of at least 4 members (excludes halogenated alkanes) is 23. The molecule has 0 aliphatic carbocycles. The number of phosphoric acid groups is 1. The predicted molar refractivity (Wildman–Crippen MR) is 203 cm³/mol. The number of allylic oxidation sites excluding steroid dienone is 2. The number of ether oxygens (including phenoxy) is 2. The van der Waals surface area contributed by atoms with Crippen molar-refractivity contribution in [1.82, 2.24) is 0 Å². The molecule has 0 saturated carbocycles. The van der Waals surface area contributed by atoms with Crippen LogP contribution in [0.15, 0.2) is 12.2 Å². The van der Waals surface area contributed by atoms with Crippen molar-refractivity contribution in [3.63, 3.8) is 0 Å². The number of esters is 2. The van der Waals surface area contributed by atoms with Gasteiger partial charge in [0, 0.05) is 12.8 Å². The Morgan fingerprint density at radius 1 is 0.596 bits per heavy atom. The van der Waals surface area contributed by atoms with Crippen LogP contribution >= 0.6 is 7.82 Å². The van der Waals surface area contributed by atoms with E-state index in [9.17, 15) is 24.2 Å². The minimum absolute atomic E-state index is 0. The topological polar surface area (TPSA) is 152 Å². The van der Waals surface area contributed by atoms with E-state index in [0.717, 1.165) is 57.8 Å². The Balaban J connectivity index is 0. The molecule has 3 atom stereocenters. The van der Waals surface area contributed by atoms with Gasteiger partial charge in [-0.2, -0.15) is 0 Å². The summed E-state index contributed by atoms with van der Waals surface area (Å²) in [4.78, 5) is 37.0. The van der Waals surface area contributed by atoms with E-state index >= 15 is 0 Å². The van der Waals surface area contributed by atoms with Gasteiger partial charge in [0.15, 0.2) is 6.10 Å². The second-order valence-electron chi connectivity index (χ2n) is 14.0. The summed E-state index contributed by atoms with van der Waals surface area (Å²) in [5.41, 5.74) is 0. The number of hydrogen-bond donors (Lipinski definition) is 2. The van der Waals surface area contributed by atoms with Crippen LogP contribution < -0.4 is 34.5 Å². The molecule has 0 radical (unpaired) electrons. The number of aliphatic hydroxyl groups is 2. The van der Waals surface area contributed by atoms with E-state index in [1.165, 1.54) is 96.3 Å². The first-order valence-corrected chi connectivity index (χ1v) is 22.1. The van der Waals surface area contributed by atoms with E-state index in [4.69, 9.17) is 19.1 Å². The number of carbonyl (C=O) groups excluding carboxylic acids is 2. The van der Waals surface area contributed by atoms with Crippen molar-refractivity contribution in [2.24, 2.45) is 0 Å². The van der Waals surface area contributed by atoms with E-state index in [1.54, 1.807) is 0 Å². The van der Waals surface area contributed by atoms with E-state index < -0.39 is 51.8 Å². The van der Waals surface area contributed by atoms with Gasteiger partial charge in [-0.05, 0) is 38.5 Å². The molecule has 0 aromatic carbocycles. The van der Waals surface area contributed by atoms with Gasteiger partial charge in [-0.15, -0.1) is 0 Å². The van der Waals surface area contributed by atoms with Gasteiger partial charge in [-0.3, -0.25) is 14.2 Å². The molecule has 0 fully saturated rings. The largest absolute Gasteiger partial charge is 1.00 e. The second kappa shape index (κ2) is 40.4. The molecule has 0 spiro atoms. The molecule has 302 valence electrons. The standard InChI is InChI=1S/C40H77O10P.Na/c1-3-5-7-9-11-13-15-17-18-20-22-24-26-28-30-32-40(44)50-38(36-49-51(45,46)48-34-37(42)33-41)35-47-39(43)31-29-27-25-23-21-19-16-14-12-10-8-6-4-2;/h17-18,37-38,41-42H,3-16,19-36H2,1-2H3,(H,45,46);/q;+1/p-1. The summed E-state index contributed by atoms with van der Waals surface area (Å²) < 4.78 is 32.3. The number of phosphoric ester groups is 1.